The Bertz CT molecular complexity index is 339. The third kappa shape index (κ3) is 2.08. The van der Waals surface area contributed by atoms with Crippen LogP contribution in [0.3, 0.4) is 0 Å². The van der Waals surface area contributed by atoms with Crippen molar-refractivity contribution in [3.63, 3.8) is 0 Å². The van der Waals surface area contributed by atoms with E-state index in [9.17, 15) is 4.39 Å². The third-order valence-electron chi connectivity index (χ3n) is 2.54. The second-order valence-corrected chi connectivity index (χ2v) is 3.50. The predicted octanol–water partition coefficient (Wildman–Crippen LogP) is 0.123. The highest BCUT2D eigenvalue weighted by atomic mass is 19.1. The lowest BCUT2D eigenvalue weighted by molar-refractivity contribution is 0.275. The number of aliphatic hydroxyl groups excluding tert-OH is 1. The van der Waals surface area contributed by atoms with Gasteiger partial charge in [0.2, 0.25) is 0 Å². The number of aliphatic hydroxyl groups is 1. The van der Waals surface area contributed by atoms with Crippen LogP contribution in [-0.2, 0) is 6.61 Å². The molecule has 1 aromatic heterocycles. The van der Waals surface area contributed by atoms with Gasteiger partial charge in [-0.2, -0.15) is 0 Å². The molecule has 0 spiro atoms. The van der Waals surface area contributed by atoms with Gasteiger partial charge in [-0.1, -0.05) is 0 Å². The lowest BCUT2D eigenvalue weighted by atomic mass is 10.2. The minimum atomic E-state index is -0.401. The van der Waals surface area contributed by atoms with Crippen LogP contribution in [0.25, 0.3) is 0 Å². The van der Waals surface area contributed by atoms with E-state index in [-0.39, 0.29) is 6.61 Å². The average Bonchev–Trinajstić information content (AvgIpc) is 2.30. The van der Waals surface area contributed by atoms with Crippen LogP contribution in [-0.4, -0.2) is 36.3 Å². The molecule has 82 valence electrons. The first-order valence-electron chi connectivity index (χ1n) is 5.03. The Labute approximate surface area is 87.7 Å². The molecule has 15 heavy (non-hydrogen) atoms. The number of hydrogen-bond donors (Lipinski definition) is 2. The smallest absolute Gasteiger partial charge is 0.171 e. The molecule has 0 bridgehead atoms. The summed E-state index contributed by atoms with van der Waals surface area (Å²) in [5.74, 6) is -0.0510. The lowest BCUT2D eigenvalue weighted by Gasteiger charge is -2.28. The van der Waals surface area contributed by atoms with Gasteiger partial charge < -0.3 is 15.3 Å². The predicted molar refractivity (Wildman–Crippen MR) is 55.2 cm³/mol. The lowest BCUT2D eigenvalue weighted by Crippen LogP contribution is -2.44. The number of aromatic nitrogens is 1. The highest BCUT2D eigenvalue weighted by Crippen LogP contribution is 2.19. The molecule has 0 aliphatic carbocycles. The molecule has 0 unspecified atom stereocenters. The third-order valence-corrected chi connectivity index (χ3v) is 2.54. The van der Waals surface area contributed by atoms with Crippen molar-refractivity contribution in [3.05, 3.63) is 23.6 Å². The molecular formula is C10H14FN3O. The second kappa shape index (κ2) is 4.55. The summed E-state index contributed by atoms with van der Waals surface area (Å²) in [4.78, 5) is 5.92. The first kappa shape index (κ1) is 10.3. The van der Waals surface area contributed by atoms with E-state index in [4.69, 9.17) is 5.11 Å². The van der Waals surface area contributed by atoms with E-state index >= 15 is 0 Å². The molecule has 1 aromatic rings. The molecule has 5 heteroatoms. The number of piperazine rings is 1. The fourth-order valence-corrected chi connectivity index (χ4v) is 1.69. The summed E-state index contributed by atoms with van der Waals surface area (Å²) in [6, 6.07) is 1.50. The number of rotatable bonds is 2. The van der Waals surface area contributed by atoms with Crippen LogP contribution in [0.5, 0.6) is 0 Å². The quantitative estimate of drug-likeness (QED) is 0.729. The van der Waals surface area contributed by atoms with Crippen molar-refractivity contribution < 1.29 is 9.50 Å². The molecule has 1 fully saturated rings. The van der Waals surface area contributed by atoms with Crippen LogP contribution in [0.1, 0.15) is 5.56 Å². The van der Waals surface area contributed by atoms with Gasteiger partial charge in [0.25, 0.3) is 0 Å². The minimum Gasteiger partial charge on any atom is -0.392 e. The van der Waals surface area contributed by atoms with Gasteiger partial charge in [-0.05, 0) is 6.07 Å². The van der Waals surface area contributed by atoms with Crippen LogP contribution in [0.15, 0.2) is 12.3 Å². The van der Waals surface area contributed by atoms with Gasteiger partial charge in [0.15, 0.2) is 11.6 Å². The molecule has 2 heterocycles. The summed E-state index contributed by atoms with van der Waals surface area (Å²) in [7, 11) is 0. The Morgan fingerprint density at radius 3 is 2.87 bits per heavy atom. The molecule has 0 atom stereocenters. The standard InChI is InChI=1S/C10H14FN3O/c11-9-8(7-15)1-2-13-10(9)14-5-3-12-4-6-14/h1-2,12,15H,3-7H2. The van der Waals surface area contributed by atoms with Crippen molar-refractivity contribution in [3.8, 4) is 0 Å². The topological polar surface area (TPSA) is 48.4 Å². The molecule has 1 aliphatic heterocycles. The summed E-state index contributed by atoms with van der Waals surface area (Å²) in [5, 5.41) is 12.1. The molecule has 4 nitrogen and oxygen atoms in total. The van der Waals surface area contributed by atoms with E-state index < -0.39 is 5.82 Å². The van der Waals surface area contributed by atoms with Crippen LogP contribution in [0.2, 0.25) is 0 Å². The highest BCUT2D eigenvalue weighted by Gasteiger charge is 2.17. The van der Waals surface area contributed by atoms with Crippen molar-refractivity contribution in [1.82, 2.24) is 10.3 Å². The Hall–Kier alpha value is -1.20. The Kier molecular flexibility index (Phi) is 3.13. The molecule has 0 aromatic carbocycles. The van der Waals surface area contributed by atoms with Gasteiger partial charge in [0, 0.05) is 37.9 Å². The Morgan fingerprint density at radius 2 is 2.20 bits per heavy atom. The van der Waals surface area contributed by atoms with Crippen molar-refractivity contribution in [2.75, 3.05) is 31.1 Å². The minimum absolute atomic E-state index is 0.284. The Morgan fingerprint density at radius 1 is 1.47 bits per heavy atom. The van der Waals surface area contributed by atoms with Gasteiger partial charge in [-0.25, -0.2) is 9.37 Å². The molecule has 1 aliphatic rings. The summed E-state index contributed by atoms with van der Waals surface area (Å²) < 4.78 is 13.8. The molecular weight excluding hydrogens is 197 g/mol. The molecule has 0 saturated carbocycles. The highest BCUT2D eigenvalue weighted by molar-refractivity contribution is 5.43. The largest absolute Gasteiger partial charge is 0.392 e. The van der Waals surface area contributed by atoms with E-state index in [2.05, 4.69) is 10.3 Å². The number of anilines is 1. The molecule has 2 rings (SSSR count). The zero-order valence-corrected chi connectivity index (χ0v) is 8.41. The van der Waals surface area contributed by atoms with E-state index in [0.717, 1.165) is 26.2 Å². The molecule has 2 N–H and O–H groups in total. The average molecular weight is 211 g/mol. The second-order valence-electron chi connectivity index (χ2n) is 3.50. The monoisotopic (exact) mass is 211 g/mol. The van der Waals surface area contributed by atoms with Crippen LogP contribution >= 0.6 is 0 Å². The van der Waals surface area contributed by atoms with E-state index in [1.165, 1.54) is 12.3 Å². The number of pyridine rings is 1. The van der Waals surface area contributed by atoms with E-state index in [1.54, 1.807) is 0 Å². The van der Waals surface area contributed by atoms with Crippen molar-refractivity contribution in [2.45, 2.75) is 6.61 Å². The van der Waals surface area contributed by atoms with Crippen LogP contribution in [0.4, 0.5) is 10.2 Å². The van der Waals surface area contributed by atoms with Gasteiger partial charge >= 0.3 is 0 Å². The number of nitrogens with zero attached hydrogens (tertiary/aromatic N) is 2. The first-order chi connectivity index (χ1) is 7.33. The van der Waals surface area contributed by atoms with Gasteiger partial charge in [0.05, 0.1) is 6.61 Å². The number of hydrogen-bond acceptors (Lipinski definition) is 4. The maximum Gasteiger partial charge on any atom is 0.171 e. The molecule has 1 saturated heterocycles. The van der Waals surface area contributed by atoms with Gasteiger partial charge in [-0.3, -0.25) is 0 Å². The molecule has 0 radical (unpaired) electrons. The van der Waals surface area contributed by atoms with Crippen molar-refractivity contribution in [1.29, 1.82) is 0 Å². The summed E-state index contributed by atoms with van der Waals surface area (Å²) in [5.41, 5.74) is 0.304. The normalized spacial score (nSPS) is 16.8. The van der Waals surface area contributed by atoms with E-state index in [1.807, 2.05) is 4.90 Å². The zero-order chi connectivity index (χ0) is 10.7. The first-order valence-corrected chi connectivity index (χ1v) is 5.03. The SMILES string of the molecule is OCc1ccnc(N2CCNCC2)c1F. The number of halogens is 1. The summed E-state index contributed by atoms with van der Waals surface area (Å²) in [6.07, 6.45) is 1.53. The van der Waals surface area contributed by atoms with Crippen LogP contribution in [0, 0.1) is 5.82 Å². The fraction of sp³-hybridized carbons (Fsp3) is 0.500. The number of nitrogens with one attached hydrogen (secondary N) is 1. The maximum atomic E-state index is 13.8. The van der Waals surface area contributed by atoms with Crippen molar-refractivity contribution in [2.24, 2.45) is 0 Å². The Balaban J connectivity index is 2.26. The maximum absolute atomic E-state index is 13.8. The zero-order valence-electron chi connectivity index (χ0n) is 8.41. The van der Waals surface area contributed by atoms with Gasteiger partial charge in [-0.15, -0.1) is 0 Å². The van der Waals surface area contributed by atoms with Crippen molar-refractivity contribution >= 4 is 5.82 Å². The molecule has 0 amide bonds. The fourth-order valence-electron chi connectivity index (χ4n) is 1.69. The summed E-state index contributed by atoms with van der Waals surface area (Å²) in [6.45, 7) is 2.89. The van der Waals surface area contributed by atoms with E-state index in [0.29, 0.717) is 11.4 Å². The van der Waals surface area contributed by atoms with Crippen LogP contribution < -0.4 is 10.2 Å². The van der Waals surface area contributed by atoms with Gasteiger partial charge in [0.1, 0.15) is 0 Å². The summed E-state index contributed by atoms with van der Waals surface area (Å²) >= 11 is 0.